The molecule has 1 saturated carbocycles. The van der Waals surface area contributed by atoms with Gasteiger partial charge in [0, 0.05) is 25.2 Å². The highest BCUT2D eigenvalue weighted by Crippen LogP contribution is 2.32. The number of carbonyl (C=O) groups is 2. The lowest BCUT2D eigenvalue weighted by Crippen LogP contribution is -2.48. The van der Waals surface area contributed by atoms with Crippen LogP contribution in [0.15, 0.2) is 30.9 Å². The van der Waals surface area contributed by atoms with E-state index in [4.69, 9.17) is 4.74 Å². The molecule has 1 aliphatic heterocycles. The van der Waals surface area contributed by atoms with Gasteiger partial charge in [-0.05, 0) is 48.8 Å². The Labute approximate surface area is 165 Å². The van der Waals surface area contributed by atoms with Gasteiger partial charge in [-0.25, -0.2) is 4.39 Å². The maximum atomic E-state index is 13.5. The maximum absolute atomic E-state index is 13.5. The van der Waals surface area contributed by atoms with Gasteiger partial charge in [0.1, 0.15) is 11.6 Å². The van der Waals surface area contributed by atoms with Crippen molar-refractivity contribution < 1.29 is 18.7 Å². The van der Waals surface area contributed by atoms with E-state index in [2.05, 4.69) is 25.7 Å². The topological polar surface area (TPSA) is 58.6 Å². The Morgan fingerprint density at radius 1 is 1.39 bits per heavy atom. The summed E-state index contributed by atoms with van der Waals surface area (Å²) < 4.78 is 19.4. The highest BCUT2D eigenvalue weighted by molar-refractivity contribution is 5.88. The first-order valence-electron chi connectivity index (χ1n) is 10.0. The second-order valence-corrected chi connectivity index (χ2v) is 8.16. The summed E-state index contributed by atoms with van der Waals surface area (Å²) in [4.78, 5) is 25.7. The standard InChI is InChI=1S/C22H29FN2O3/c1-4-21(26)25-8-7-16(12-25)22(27)24-18-9-15(10-18)13-28-20-11-17(23)5-6-19(20)14(2)3/h4-6,11,14-16,18H,1,7-10,12-13H2,2-3H3,(H,24,27). The smallest absolute Gasteiger partial charge is 0.245 e. The molecule has 2 amide bonds. The molecule has 0 spiro atoms. The Bertz CT molecular complexity index is 743. The molecule has 6 heteroatoms. The number of likely N-dealkylation sites (tertiary alicyclic amines) is 1. The van der Waals surface area contributed by atoms with Gasteiger partial charge in [-0.2, -0.15) is 0 Å². The van der Waals surface area contributed by atoms with Crippen LogP contribution < -0.4 is 10.1 Å². The lowest BCUT2D eigenvalue weighted by molar-refractivity contribution is -0.127. The summed E-state index contributed by atoms with van der Waals surface area (Å²) in [6.07, 6.45) is 3.71. The van der Waals surface area contributed by atoms with Crippen molar-refractivity contribution in [3.63, 3.8) is 0 Å². The van der Waals surface area contributed by atoms with Crippen LogP contribution in [-0.2, 0) is 9.59 Å². The van der Waals surface area contributed by atoms with Crippen molar-refractivity contribution in [1.82, 2.24) is 10.2 Å². The van der Waals surface area contributed by atoms with Crippen LogP contribution >= 0.6 is 0 Å². The van der Waals surface area contributed by atoms with Gasteiger partial charge in [0.15, 0.2) is 0 Å². The van der Waals surface area contributed by atoms with Gasteiger partial charge in [-0.3, -0.25) is 9.59 Å². The van der Waals surface area contributed by atoms with E-state index >= 15 is 0 Å². The number of rotatable bonds is 7. The van der Waals surface area contributed by atoms with Gasteiger partial charge in [0.2, 0.25) is 11.8 Å². The van der Waals surface area contributed by atoms with Crippen molar-refractivity contribution in [2.45, 2.75) is 45.1 Å². The van der Waals surface area contributed by atoms with Gasteiger partial charge in [0.25, 0.3) is 0 Å². The van der Waals surface area contributed by atoms with Gasteiger partial charge in [-0.1, -0.05) is 26.5 Å². The first kappa shape index (κ1) is 20.4. The molecule has 152 valence electrons. The minimum absolute atomic E-state index is 0.0240. The largest absolute Gasteiger partial charge is 0.493 e. The third-order valence-electron chi connectivity index (χ3n) is 5.70. The molecule has 0 aromatic heterocycles. The predicted molar refractivity (Wildman–Crippen MR) is 106 cm³/mol. The van der Waals surface area contributed by atoms with Gasteiger partial charge in [-0.15, -0.1) is 0 Å². The molecule has 1 heterocycles. The molecule has 0 bridgehead atoms. The van der Waals surface area contributed by atoms with Crippen LogP contribution in [0.3, 0.4) is 0 Å². The van der Waals surface area contributed by atoms with E-state index in [1.807, 2.05) is 0 Å². The summed E-state index contributed by atoms with van der Waals surface area (Å²) in [5.41, 5.74) is 1.01. The molecule has 1 aromatic carbocycles. The monoisotopic (exact) mass is 388 g/mol. The number of ether oxygens (including phenoxy) is 1. The molecular formula is C22H29FN2O3. The number of carbonyl (C=O) groups excluding carboxylic acids is 2. The quantitative estimate of drug-likeness (QED) is 0.730. The molecule has 28 heavy (non-hydrogen) atoms. The molecule has 0 radical (unpaired) electrons. The third-order valence-corrected chi connectivity index (χ3v) is 5.70. The minimum atomic E-state index is -0.293. The zero-order valence-electron chi connectivity index (χ0n) is 16.6. The van der Waals surface area contributed by atoms with E-state index in [1.165, 1.54) is 18.2 Å². The van der Waals surface area contributed by atoms with Crippen molar-refractivity contribution in [3.8, 4) is 5.75 Å². The fourth-order valence-electron chi connectivity index (χ4n) is 3.93. The lowest BCUT2D eigenvalue weighted by Gasteiger charge is -2.36. The number of hydrogen-bond acceptors (Lipinski definition) is 3. The Balaban J connectivity index is 1.41. The van der Waals surface area contributed by atoms with E-state index in [0.29, 0.717) is 37.8 Å². The molecule has 1 atom stereocenters. The summed E-state index contributed by atoms with van der Waals surface area (Å²) in [7, 11) is 0. The molecule has 2 aliphatic rings. The average molecular weight is 388 g/mol. The Kier molecular flexibility index (Phi) is 6.37. The number of amides is 2. The van der Waals surface area contributed by atoms with Crippen LogP contribution in [0.5, 0.6) is 5.75 Å². The molecule has 1 aliphatic carbocycles. The number of halogens is 1. The lowest BCUT2D eigenvalue weighted by atomic mass is 9.80. The van der Waals surface area contributed by atoms with E-state index in [-0.39, 0.29) is 35.5 Å². The van der Waals surface area contributed by atoms with Crippen molar-refractivity contribution in [2.75, 3.05) is 19.7 Å². The highest BCUT2D eigenvalue weighted by Gasteiger charge is 2.35. The SMILES string of the molecule is C=CC(=O)N1CCC(C(=O)NC2CC(COc3cc(F)ccc3C(C)C)C2)C1. The predicted octanol–water partition coefficient (Wildman–Crippen LogP) is 3.26. The van der Waals surface area contributed by atoms with Gasteiger partial charge >= 0.3 is 0 Å². The zero-order chi connectivity index (χ0) is 20.3. The number of benzene rings is 1. The van der Waals surface area contributed by atoms with Crippen LogP contribution in [-0.4, -0.2) is 42.5 Å². The molecule has 3 rings (SSSR count). The summed E-state index contributed by atoms with van der Waals surface area (Å²) >= 11 is 0. The van der Waals surface area contributed by atoms with Crippen molar-refractivity contribution in [2.24, 2.45) is 11.8 Å². The van der Waals surface area contributed by atoms with Crippen molar-refractivity contribution >= 4 is 11.8 Å². The molecule has 1 saturated heterocycles. The molecule has 5 nitrogen and oxygen atoms in total. The van der Waals surface area contributed by atoms with Crippen molar-refractivity contribution in [3.05, 3.63) is 42.2 Å². The van der Waals surface area contributed by atoms with Gasteiger partial charge in [0.05, 0.1) is 12.5 Å². The molecule has 1 N–H and O–H groups in total. The second-order valence-electron chi connectivity index (χ2n) is 8.16. The summed E-state index contributed by atoms with van der Waals surface area (Å²) in [5.74, 6) is 0.711. The van der Waals surface area contributed by atoms with Crippen LogP contribution in [0.25, 0.3) is 0 Å². The summed E-state index contributed by atoms with van der Waals surface area (Å²) in [5, 5.41) is 3.08. The average Bonchev–Trinajstić information content (AvgIpc) is 3.12. The molecule has 1 unspecified atom stereocenters. The van der Waals surface area contributed by atoms with Gasteiger partial charge < -0.3 is 15.0 Å². The van der Waals surface area contributed by atoms with E-state index in [9.17, 15) is 14.0 Å². The molecular weight excluding hydrogens is 359 g/mol. The number of hydrogen-bond donors (Lipinski definition) is 1. The minimum Gasteiger partial charge on any atom is -0.493 e. The Morgan fingerprint density at radius 2 is 2.14 bits per heavy atom. The summed E-state index contributed by atoms with van der Waals surface area (Å²) in [6.45, 7) is 9.20. The van der Waals surface area contributed by atoms with E-state index in [1.54, 1.807) is 11.0 Å². The first-order valence-corrected chi connectivity index (χ1v) is 10.0. The van der Waals surface area contributed by atoms with E-state index in [0.717, 1.165) is 18.4 Å². The maximum Gasteiger partial charge on any atom is 0.245 e. The number of nitrogens with zero attached hydrogens (tertiary/aromatic N) is 1. The Hall–Kier alpha value is -2.37. The van der Waals surface area contributed by atoms with Crippen LogP contribution in [0, 0.1) is 17.7 Å². The molecule has 1 aromatic rings. The number of nitrogens with one attached hydrogen (secondary N) is 1. The first-order chi connectivity index (χ1) is 13.4. The fourth-order valence-corrected chi connectivity index (χ4v) is 3.93. The van der Waals surface area contributed by atoms with Crippen molar-refractivity contribution in [1.29, 1.82) is 0 Å². The van der Waals surface area contributed by atoms with Crippen LogP contribution in [0.1, 0.15) is 44.6 Å². The third kappa shape index (κ3) is 4.72. The van der Waals surface area contributed by atoms with Crippen LogP contribution in [0.2, 0.25) is 0 Å². The molecule has 2 fully saturated rings. The summed E-state index contributed by atoms with van der Waals surface area (Å²) in [6, 6.07) is 4.84. The van der Waals surface area contributed by atoms with E-state index < -0.39 is 0 Å². The highest BCUT2D eigenvalue weighted by atomic mass is 19.1. The normalized spacial score (nSPS) is 24.0. The Morgan fingerprint density at radius 3 is 2.82 bits per heavy atom. The zero-order valence-corrected chi connectivity index (χ0v) is 16.6. The fraction of sp³-hybridized carbons (Fsp3) is 0.545. The second kappa shape index (κ2) is 8.76. The van der Waals surface area contributed by atoms with Crippen LogP contribution in [0.4, 0.5) is 4.39 Å².